The molecule has 2 N–H and O–H groups in total. The maximum absolute atomic E-state index is 14.1. The number of carboxylic acids is 1. The third-order valence-corrected chi connectivity index (χ3v) is 3.87. The van der Waals surface area contributed by atoms with Crippen LogP contribution in [0.4, 0.5) is 15.8 Å². The summed E-state index contributed by atoms with van der Waals surface area (Å²) in [5.74, 6) is -1.39. The van der Waals surface area contributed by atoms with Gasteiger partial charge in [0.25, 0.3) is 5.56 Å². The lowest BCUT2D eigenvalue weighted by Gasteiger charge is -2.14. The number of nitrogens with one attached hydrogen (secondary N) is 1. The van der Waals surface area contributed by atoms with Crippen molar-refractivity contribution in [2.24, 2.45) is 0 Å². The molecule has 0 saturated heterocycles. The molecule has 0 unspecified atom stereocenters. The van der Waals surface area contributed by atoms with Crippen molar-refractivity contribution < 1.29 is 19.0 Å². The molecule has 0 aliphatic carbocycles. The van der Waals surface area contributed by atoms with Crippen molar-refractivity contribution in [3.63, 3.8) is 0 Å². The number of halogens is 1. The van der Waals surface area contributed by atoms with E-state index < -0.39 is 11.8 Å². The Morgan fingerprint density at radius 3 is 2.60 bits per heavy atom. The highest BCUT2D eigenvalue weighted by atomic mass is 19.1. The highest BCUT2D eigenvalue weighted by molar-refractivity contribution is 5.96. The fourth-order valence-electron chi connectivity index (χ4n) is 2.81. The first-order valence-electron chi connectivity index (χ1n) is 8.12. The smallest absolute Gasteiger partial charge is 0.339 e. The van der Waals surface area contributed by atoms with Crippen LogP contribution in [0.25, 0.3) is 0 Å². The third-order valence-electron chi connectivity index (χ3n) is 3.87. The van der Waals surface area contributed by atoms with Crippen molar-refractivity contribution in [2.45, 2.75) is 33.2 Å². The van der Waals surface area contributed by atoms with Gasteiger partial charge >= 0.3 is 5.97 Å². The Kier molecular flexibility index (Phi) is 5.80. The highest BCUT2D eigenvalue weighted by Crippen LogP contribution is 2.28. The molecule has 6 nitrogen and oxygen atoms in total. The van der Waals surface area contributed by atoms with Gasteiger partial charge in [-0.25, -0.2) is 9.18 Å². The summed E-state index contributed by atoms with van der Waals surface area (Å²) in [5, 5.41) is 12.2. The molecule has 0 saturated carbocycles. The van der Waals surface area contributed by atoms with Crippen molar-refractivity contribution in [3.8, 4) is 5.75 Å². The average Bonchev–Trinajstić information content (AvgIpc) is 3.08. The van der Waals surface area contributed by atoms with E-state index in [1.807, 2.05) is 13.8 Å². The number of methoxy groups -OCH3 is 1. The zero-order valence-corrected chi connectivity index (χ0v) is 14.4. The monoisotopic (exact) mass is 348 g/mol. The second-order valence-electron chi connectivity index (χ2n) is 5.25. The summed E-state index contributed by atoms with van der Waals surface area (Å²) in [6, 6.07) is 5.36. The van der Waals surface area contributed by atoms with Gasteiger partial charge < -0.3 is 19.7 Å². The van der Waals surface area contributed by atoms with Crippen LogP contribution in [0.1, 0.15) is 36.3 Å². The van der Waals surface area contributed by atoms with E-state index in [2.05, 4.69) is 5.32 Å². The number of rotatable bonds is 4. The quantitative estimate of drug-likeness (QED) is 0.885. The summed E-state index contributed by atoms with van der Waals surface area (Å²) in [6.07, 6.45) is 1.23. The van der Waals surface area contributed by atoms with Gasteiger partial charge in [0, 0.05) is 24.4 Å². The second-order valence-corrected chi connectivity index (χ2v) is 5.25. The molecular weight excluding hydrogens is 327 g/mol. The number of fused-ring (bicyclic) bond motifs is 1. The lowest BCUT2D eigenvalue weighted by molar-refractivity contribution is 0.0696. The summed E-state index contributed by atoms with van der Waals surface area (Å²) in [7, 11) is 1.42. The van der Waals surface area contributed by atoms with Crippen molar-refractivity contribution in [1.82, 2.24) is 4.57 Å². The Hall–Kier alpha value is -2.83. The van der Waals surface area contributed by atoms with E-state index in [0.717, 1.165) is 6.42 Å². The first-order valence-corrected chi connectivity index (χ1v) is 8.12. The van der Waals surface area contributed by atoms with Crippen molar-refractivity contribution in [2.75, 3.05) is 12.4 Å². The Morgan fingerprint density at radius 2 is 2.00 bits per heavy atom. The molecule has 0 fully saturated rings. The van der Waals surface area contributed by atoms with Crippen LogP contribution in [0.15, 0.2) is 29.1 Å². The summed E-state index contributed by atoms with van der Waals surface area (Å²) < 4.78 is 20.4. The minimum atomic E-state index is -1.15. The van der Waals surface area contributed by atoms with Crippen molar-refractivity contribution >= 4 is 17.3 Å². The molecule has 0 amide bonds. The SMILES string of the molecule is CC.COc1ccc(Nc2cc(=O)n3c(c2C(=O)O)CCC3)c(F)c1. The number of carboxylic acid groups (broad SMARTS) is 1. The molecule has 1 aliphatic heterocycles. The summed E-state index contributed by atoms with van der Waals surface area (Å²) in [5.41, 5.74) is 0.369. The number of aromatic carboxylic acids is 1. The van der Waals surface area contributed by atoms with Gasteiger partial charge in [-0.05, 0) is 25.0 Å². The molecule has 0 bridgehead atoms. The number of ether oxygens (including phenoxy) is 1. The minimum absolute atomic E-state index is 0.0114. The zero-order chi connectivity index (χ0) is 18.6. The normalized spacial score (nSPS) is 12.0. The van der Waals surface area contributed by atoms with Gasteiger partial charge in [0.05, 0.1) is 18.5 Å². The molecule has 0 radical (unpaired) electrons. The fourth-order valence-corrected chi connectivity index (χ4v) is 2.81. The minimum Gasteiger partial charge on any atom is -0.497 e. The topological polar surface area (TPSA) is 80.6 Å². The second kappa shape index (κ2) is 7.83. The number of carbonyl (C=O) groups is 1. The summed E-state index contributed by atoms with van der Waals surface area (Å²) in [6.45, 7) is 4.51. The van der Waals surface area contributed by atoms with Crippen LogP contribution in [0.5, 0.6) is 5.75 Å². The Labute approximate surface area is 144 Å². The number of anilines is 2. The van der Waals surface area contributed by atoms with Crippen LogP contribution in [-0.2, 0) is 13.0 Å². The van der Waals surface area contributed by atoms with E-state index in [9.17, 15) is 19.1 Å². The van der Waals surface area contributed by atoms with E-state index in [-0.39, 0.29) is 22.5 Å². The number of benzene rings is 1. The number of hydrogen-bond acceptors (Lipinski definition) is 4. The van der Waals surface area contributed by atoms with Gasteiger partial charge in [-0.1, -0.05) is 13.8 Å². The number of nitrogens with zero attached hydrogens (tertiary/aromatic N) is 1. The molecule has 0 atom stereocenters. The van der Waals surface area contributed by atoms with Crippen LogP contribution >= 0.6 is 0 Å². The van der Waals surface area contributed by atoms with Crippen LogP contribution in [0.3, 0.4) is 0 Å². The van der Waals surface area contributed by atoms with E-state index in [0.29, 0.717) is 24.4 Å². The van der Waals surface area contributed by atoms with Gasteiger partial charge in [-0.15, -0.1) is 0 Å². The van der Waals surface area contributed by atoms with E-state index >= 15 is 0 Å². The predicted molar refractivity (Wildman–Crippen MR) is 93.6 cm³/mol. The molecular formula is C18H21FN2O4. The molecule has 3 rings (SSSR count). The Morgan fingerprint density at radius 1 is 1.28 bits per heavy atom. The summed E-state index contributed by atoms with van der Waals surface area (Å²) in [4.78, 5) is 23.7. The standard InChI is InChI=1S/C16H15FN2O4.C2H6/c1-23-9-4-5-11(10(17)7-9)18-12-8-14(20)19-6-2-3-13(19)15(12)16(21)22;1-2/h4-5,7-8,18H,2-3,6H2,1H3,(H,21,22);1-2H3. The molecule has 2 heterocycles. The molecule has 134 valence electrons. The van der Waals surface area contributed by atoms with Crippen molar-refractivity contribution in [1.29, 1.82) is 0 Å². The van der Waals surface area contributed by atoms with Crippen LogP contribution in [0.2, 0.25) is 0 Å². The molecule has 1 aromatic carbocycles. The lowest BCUT2D eigenvalue weighted by Crippen LogP contribution is -2.23. The first kappa shape index (κ1) is 18.5. The maximum atomic E-state index is 14.1. The number of aromatic nitrogens is 1. The molecule has 0 spiro atoms. The van der Waals surface area contributed by atoms with Crippen LogP contribution < -0.4 is 15.6 Å². The molecule has 1 aromatic heterocycles. The van der Waals surface area contributed by atoms with E-state index in [1.54, 1.807) is 6.07 Å². The Bertz CT molecular complexity index is 846. The first-order chi connectivity index (χ1) is 12.0. The summed E-state index contributed by atoms with van der Waals surface area (Å²) >= 11 is 0. The Balaban J connectivity index is 0.00000109. The number of hydrogen-bond donors (Lipinski definition) is 2. The van der Waals surface area contributed by atoms with Gasteiger partial charge in [0.1, 0.15) is 17.1 Å². The molecule has 1 aliphatic rings. The maximum Gasteiger partial charge on any atom is 0.339 e. The van der Waals surface area contributed by atoms with Gasteiger partial charge in [-0.3, -0.25) is 4.79 Å². The van der Waals surface area contributed by atoms with Crippen LogP contribution in [-0.4, -0.2) is 22.8 Å². The van der Waals surface area contributed by atoms with Gasteiger partial charge in [-0.2, -0.15) is 0 Å². The van der Waals surface area contributed by atoms with E-state index in [1.165, 1.54) is 29.9 Å². The highest BCUT2D eigenvalue weighted by Gasteiger charge is 2.24. The van der Waals surface area contributed by atoms with Crippen LogP contribution in [0, 0.1) is 5.82 Å². The van der Waals surface area contributed by atoms with Gasteiger partial charge in [0.15, 0.2) is 0 Å². The lowest BCUT2D eigenvalue weighted by atomic mass is 10.1. The molecule has 25 heavy (non-hydrogen) atoms. The third kappa shape index (κ3) is 3.65. The van der Waals surface area contributed by atoms with Crippen molar-refractivity contribution in [3.05, 3.63) is 51.7 Å². The van der Waals surface area contributed by atoms with E-state index in [4.69, 9.17) is 4.74 Å². The average molecular weight is 348 g/mol. The number of pyridine rings is 1. The fraction of sp³-hybridized carbons (Fsp3) is 0.333. The molecule has 2 aromatic rings. The molecule has 7 heteroatoms. The van der Waals surface area contributed by atoms with Gasteiger partial charge in [0.2, 0.25) is 0 Å². The largest absolute Gasteiger partial charge is 0.497 e. The zero-order valence-electron chi connectivity index (χ0n) is 14.4. The predicted octanol–water partition coefficient (Wildman–Crippen LogP) is 3.41.